The summed E-state index contributed by atoms with van der Waals surface area (Å²) in [7, 11) is -3.65. The minimum absolute atomic E-state index is 0.136. The first-order valence-electron chi connectivity index (χ1n) is 6.94. The van der Waals surface area contributed by atoms with Crippen LogP contribution in [0.5, 0.6) is 0 Å². The summed E-state index contributed by atoms with van der Waals surface area (Å²) in [4.78, 5) is 0.166. The zero-order valence-electron chi connectivity index (χ0n) is 11.7. The molecular formula is C14H22N2O3S. The second-order valence-electron chi connectivity index (χ2n) is 5.22. The molecule has 2 atom stereocenters. The molecule has 5 nitrogen and oxygen atoms in total. The largest absolute Gasteiger partial charge is 0.381 e. The summed E-state index contributed by atoms with van der Waals surface area (Å²) < 4.78 is 28.2. The maximum absolute atomic E-state index is 11.4. The smallest absolute Gasteiger partial charge is 0.238 e. The van der Waals surface area contributed by atoms with Crippen LogP contribution in [0.15, 0.2) is 29.2 Å². The van der Waals surface area contributed by atoms with Crippen molar-refractivity contribution in [2.24, 2.45) is 11.1 Å². The summed E-state index contributed by atoms with van der Waals surface area (Å²) in [5, 5.41) is 8.67. The number of rotatable bonds is 6. The van der Waals surface area contributed by atoms with Gasteiger partial charge in [-0.1, -0.05) is 19.1 Å². The quantitative estimate of drug-likeness (QED) is 0.832. The third kappa shape index (κ3) is 4.02. The van der Waals surface area contributed by atoms with Gasteiger partial charge in [0.2, 0.25) is 10.0 Å². The van der Waals surface area contributed by atoms with E-state index in [0.717, 1.165) is 38.2 Å². The van der Waals surface area contributed by atoms with Gasteiger partial charge in [-0.2, -0.15) is 0 Å². The molecule has 2 rings (SSSR count). The van der Waals surface area contributed by atoms with Gasteiger partial charge in [-0.05, 0) is 36.5 Å². The highest BCUT2D eigenvalue weighted by molar-refractivity contribution is 7.89. The number of nitrogens with one attached hydrogen (secondary N) is 1. The fourth-order valence-electron chi connectivity index (χ4n) is 2.46. The van der Waals surface area contributed by atoms with Gasteiger partial charge < -0.3 is 10.1 Å². The van der Waals surface area contributed by atoms with Crippen molar-refractivity contribution in [3.63, 3.8) is 0 Å². The van der Waals surface area contributed by atoms with Crippen LogP contribution in [-0.2, 0) is 14.8 Å². The van der Waals surface area contributed by atoms with Crippen LogP contribution in [0, 0.1) is 5.92 Å². The van der Waals surface area contributed by atoms with Crippen molar-refractivity contribution in [1.82, 2.24) is 5.32 Å². The molecule has 0 saturated carbocycles. The van der Waals surface area contributed by atoms with Gasteiger partial charge in [0.15, 0.2) is 0 Å². The number of hydrogen-bond acceptors (Lipinski definition) is 4. The number of sulfonamides is 1. The van der Waals surface area contributed by atoms with Crippen LogP contribution in [0.3, 0.4) is 0 Å². The van der Waals surface area contributed by atoms with E-state index in [-0.39, 0.29) is 10.9 Å². The molecule has 3 N–H and O–H groups in total. The monoisotopic (exact) mass is 298 g/mol. The van der Waals surface area contributed by atoms with Crippen LogP contribution in [0.25, 0.3) is 0 Å². The average molecular weight is 298 g/mol. The Labute approximate surface area is 120 Å². The lowest BCUT2D eigenvalue weighted by molar-refractivity contribution is 0.184. The van der Waals surface area contributed by atoms with Gasteiger partial charge in [-0.3, -0.25) is 0 Å². The van der Waals surface area contributed by atoms with E-state index in [4.69, 9.17) is 9.88 Å². The Morgan fingerprint density at radius 2 is 2.30 bits per heavy atom. The van der Waals surface area contributed by atoms with Crippen LogP contribution in [0.4, 0.5) is 0 Å². The Bertz CT molecular complexity index is 539. The molecule has 1 heterocycles. The van der Waals surface area contributed by atoms with Gasteiger partial charge in [0.05, 0.1) is 11.5 Å². The first-order chi connectivity index (χ1) is 9.50. The summed E-state index contributed by atoms with van der Waals surface area (Å²) in [6.45, 7) is 4.61. The molecule has 1 aliphatic rings. The van der Waals surface area contributed by atoms with Gasteiger partial charge in [0.1, 0.15) is 0 Å². The number of benzene rings is 1. The third-order valence-electron chi connectivity index (χ3n) is 3.67. The van der Waals surface area contributed by atoms with Crippen LogP contribution >= 0.6 is 0 Å². The van der Waals surface area contributed by atoms with Crippen LogP contribution in [0.2, 0.25) is 0 Å². The number of nitrogens with two attached hydrogens (primary N) is 1. The second kappa shape index (κ2) is 6.67. The van der Waals surface area contributed by atoms with Crippen molar-refractivity contribution in [2.75, 3.05) is 19.8 Å². The van der Waals surface area contributed by atoms with E-state index in [2.05, 4.69) is 12.2 Å². The number of hydrogen-bond donors (Lipinski definition) is 2. The lowest BCUT2D eigenvalue weighted by Crippen LogP contribution is -2.27. The van der Waals surface area contributed by atoms with Gasteiger partial charge in [-0.15, -0.1) is 0 Å². The Balaban J connectivity index is 2.06. The Morgan fingerprint density at radius 3 is 2.90 bits per heavy atom. The molecule has 2 unspecified atom stereocenters. The predicted molar refractivity (Wildman–Crippen MR) is 77.8 cm³/mol. The van der Waals surface area contributed by atoms with Crippen molar-refractivity contribution < 1.29 is 13.2 Å². The summed E-state index contributed by atoms with van der Waals surface area (Å²) in [5.74, 6) is 0.547. The lowest BCUT2D eigenvalue weighted by Gasteiger charge is -2.20. The molecule has 0 amide bonds. The lowest BCUT2D eigenvalue weighted by atomic mass is 10.0. The predicted octanol–water partition coefficient (Wildman–Crippen LogP) is 1.41. The second-order valence-corrected chi connectivity index (χ2v) is 6.78. The summed E-state index contributed by atoms with van der Waals surface area (Å²) in [6, 6.07) is 6.98. The highest BCUT2D eigenvalue weighted by Gasteiger charge is 2.18. The van der Waals surface area contributed by atoms with E-state index in [0.29, 0.717) is 5.92 Å². The Hall–Kier alpha value is -0.950. The van der Waals surface area contributed by atoms with Crippen molar-refractivity contribution in [3.05, 3.63) is 29.8 Å². The first kappa shape index (κ1) is 15.4. The molecule has 0 spiro atoms. The van der Waals surface area contributed by atoms with E-state index < -0.39 is 10.0 Å². The van der Waals surface area contributed by atoms with Gasteiger partial charge in [0.25, 0.3) is 0 Å². The SMILES string of the molecule is CCC(NCC1CCOC1)c1cccc(S(N)(=O)=O)c1. The zero-order chi connectivity index (χ0) is 14.6. The summed E-state index contributed by atoms with van der Waals surface area (Å²) >= 11 is 0. The Morgan fingerprint density at radius 1 is 1.50 bits per heavy atom. The zero-order valence-corrected chi connectivity index (χ0v) is 12.5. The van der Waals surface area contributed by atoms with E-state index >= 15 is 0 Å². The highest BCUT2D eigenvalue weighted by atomic mass is 32.2. The standard InChI is InChI=1S/C14H22N2O3S/c1-2-14(16-9-11-6-7-19-10-11)12-4-3-5-13(8-12)20(15,17)18/h3-5,8,11,14,16H,2,6-7,9-10H2,1H3,(H2,15,17,18). The van der Waals surface area contributed by atoms with Gasteiger partial charge in [-0.25, -0.2) is 13.6 Å². The van der Waals surface area contributed by atoms with Crippen LogP contribution in [-0.4, -0.2) is 28.2 Å². The van der Waals surface area contributed by atoms with Crippen molar-refractivity contribution >= 4 is 10.0 Å². The van der Waals surface area contributed by atoms with E-state index in [1.54, 1.807) is 12.1 Å². The molecule has 1 aromatic rings. The molecule has 1 aromatic carbocycles. The highest BCUT2D eigenvalue weighted by Crippen LogP contribution is 2.21. The van der Waals surface area contributed by atoms with E-state index in [9.17, 15) is 8.42 Å². The fourth-order valence-corrected chi connectivity index (χ4v) is 3.03. The molecule has 0 radical (unpaired) electrons. The van der Waals surface area contributed by atoms with Crippen LogP contribution < -0.4 is 10.5 Å². The maximum atomic E-state index is 11.4. The molecule has 6 heteroatoms. The molecule has 1 fully saturated rings. The van der Waals surface area contributed by atoms with E-state index in [1.165, 1.54) is 6.07 Å². The molecular weight excluding hydrogens is 276 g/mol. The van der Waals surface area contributed by atoms with Gasteiger partial charge in [0, 0.05) is 19.2 Å². The fraction of sp³-hybridized carbons (Fsp3) is 0.571. The first-order valence-corrected chi connectivity index (χ1v) is 8.49. The van der Waals surface area contributed by atoms with Crippen molar-refractivity contribution in [1.29, 1.82) is 0 Å². The normalized spacial score (nSPS) is 21.0. The number of ether oxygens (including phenoxy) is 1. The topological polar surface area (TPSA) is 81.4 Å². The maximum Gasteiger partial charge on any atom is 0.238 e. The molecule has 1 aliphatic heterocycles. The van der Waals surface area contributed by atoms with Crippen molar-refractivity contribution in [2.45, 2.75) is 30.7 Å². The summed E-state index contributed by atoms with van der Waals surface area (Å²) in [6.07, 6.45) is 1.97. The summed E-state index contributed by atoms with van der Waals surface area (Å²) in [5.41, 5.74) is 0.956. The van der Waals surface area contributed by atoms with E-state index in [1.807, 2.05) is 6.07 Å². The minimum Gasteiger partial charge on any atom is -0.381 e. The van der Waals surface area contributed by atoms with Gasteiger partial charge >= 0.3 is 0 Å². The van der Waals surface area contributed by atoms with Crippen molar-refractivity contribution in [3.8, 4) is 0 Å². The third-order valence-corrected chi connectivity index (χ3v) is 4.59. The molecule has 0 aliphatic carbocycles. The number of primary sulfonamides is 1. The van der Waals surface area contributed by atoms with Crippen LogP contribution in [0.1, 0.15) is 31.4 Å². The molecule has 0 aromatic heterocycles. The average Bonchev–Trinajstić information content (AvgIpc) is 2.92. The Kier molecular flexibility index (Phi) is 5.15. The molecule has 0 bridgehead atoms. The molecule has 112 valence electrons. The minimum atomic E-state index is -3.65. The molecule has 20 heavy (non-hydrogen) atoms. The molecule has 1 saturated heterocycles.